The zero-order chi connectivity index (χ0) is 12.8. The molecule has 1 aliphatic rings. The van der Waals surface area contributed by atoms with Gasteiger partial charge in [0, 0.05) is 18.7 Å². The van der Waals surface area contributed by atoms with E-state index in [0.717, 1.165) is 25.7 Å². The van der Waals surface area contributed by atoms with Crippen LogP contribution in [0.5, 0.6) is 0 Å². The number of H-pyrrole nitrogens is 1. The van der Waals surface area contributed by atoms with Crippen LogP contribution in [0, 0.1) is 0 Å². The Morgan fingerprint density at radius 3 is 2.94 bits per heavy atom. The van der Waals surface area contributed by atoms with Crippen LogP contribution in [0.25, 0.3) is 0 Å². The van der Waals surface area contributed by atoms with E-state index >= 15 is 0 Å². The van der Waals surface area contributed by atoms with Crippen molar-refractivity contribution in [1.82, 2.24) is 9.97 Å². The van der Waals surface area contributed by atoms with E-state index in [-0.39, 0.29) is 5.56 Å². The number of ether oxygens (including phenoxy) is 1. The average molecular weight is 252 g/mol. The fourth-order valence-electron chi connectivity index (χ4n) is 2.13. The third-order valence-corrected chi connectivity index (χ3v) is 3.16. The number of hydrogen-bond acceptors (Lipinski definition) is 5. The van der Waals surface area contributed by atoms with E-state index in [9.17, 15) is 4.79 Å². The molecule has 0 amide bonds. The molecule has 2 rings (SSSR count). The van der Waals surface area contributed by atoms with Gasteiger partial charge in [0.15, 0.2) is 0 Å². The number of aromatic amines is 1. The molecule has 4 N–H and O–H groups in total. The second-order valence-electron chi connectivity index (χ2n) is 4.63. The van der Waals surface area contributed by atoms with Crippen LogP contribution in [0.15, 0.2) is 17.2 Å². The van der Waals surface area contributed by atoms with Gasteiger partial charge < -0.3 is 20.8 Å². The normalized spacial score (nSPS) is 23.8. The maximum Gasteiger partial charge on any atom is 0.252 e. The molecule has 1 aliphatic carbocycles. The van der Waals surface area contributed by atoms with Gasteiger partial charge in [0.25, 0.3) is 5.56 Å². The first-order valence-corrected chi connectivity index (χ1v) is 6.40. The lowest BCUT2D eigenvalue weighted by Gasteiger charge is -2.26. The van der Waals surface area contributed by atoms with Gasteiger partial charge in [-0.2, -0.15) is 0 Å². The number of rotatable bonds is 5. The third-order valence-electron chi connectivity index (χ3n) is 3.16. The summed E-state index contributed by atoms with van der Waals surface area (Å²) in [4.78, 5) is 17.5. The Labute approximate surface area is 106 Å². The molecule has 1 aromatic rings. The molecule has 1 saturated carbocycles. The molecule has 6 heteroatoms. The van der Waals surface area contributed by atoms with Gasteiger partial charge in [0.05, 0.1) is 19.0 Å². The van der Waals surface area contributed by atoms with Gasteiger partial charge in [-0.25, -0.2) is 4.98 Å². The minimum atomic E-state index is -0.158. The van der Waals surface area contributed by atoms with E-state index in [1.54, 1.807) is 0 Å². The summed E-state index contributed by atoms with van der Waals surface area (Å²) in [5.74, 6) is 0.577. The highest BCUT2D eigenvalue weighted by Gasteiger charge is 2.18. The van der Waals surface area contributed by atoms with Crippen molar-refractivity contribution in [3.8, 4) is 0 Å². The van der Waals surface area contributed by atoms with Crippen molar-refractivity contribution in [2.45, 2.75) is 37.8 Å². The zero-order valence-electron chi connectivity index (χ0n) is 10.4. The molecular formula is C12H20N4O2. The highest BCUT2D eigenvalue weighted by Crippen LogP contribution is 2.19. The predicted molar refractivity (Wildman–Crippen MR) is 69.5 cm³/mol. The zero-order valence-corrected chi connectivity index (χ0v) is 10.4. The van der Waals surface area contributed by atoms with Crippen molar-refractivity contribution in [2.24, 2.45) is 5.73 Å². The van der Waals surface area contributed by atoms with E-state index in [2.05, 4.69) is 15.3 Å². The van der Waals surface area contributed by atoms with Crippen molar-refractivity contribution in [2.75, 3.05) is 18.5 Å². The summed E-state index contributed by atoms with van der Waals surface area (Å²) in [7, 11) is 0. The first-order valence-electron chi connectivity index (χ1n) is 6.40. The van der Waals surface area contributed by atoms with E-state index in [4.69, 9.17) is 10.5 Å². The highest BCUT2D eigenvalue weighted by molar-refractivity contribution is 5.31. The Kier molecular flexibility index (Phi) is 4.72. The van der Waals surface area contributed by atoms with Crippen LogP contribution in [0.4, 0.5) is 5.82 Å². The molecule has 0 aromatic carbocycles. The van der Waals surface area contributed by atoms with Crippen LogP contribution < -0.4 is 16.6 Å². The number of aromatic nitrogens is 2. The molecule has 1 aromatic heterocycles. The van der Waals surface area contributed by atoms with Gasteiger partial charge in [-0.1, -0.05) is 0 Å². The van der Waals surface area contributed by atoms with Gasteiger partial charge in [-0.05, 0) is 25.7 Å². The van der Waals surface area contributed by atoms with Gasteiger partial charge >= 0.3 is 0 Å². The van der Waals surface area contributed by atoms with Crippen molar-refractivity contribution < 1.29 is 4.74 Å². The van der Waals surface area contributed by atoms with Crippen LogP contribution in [0.1, 0.15) is 25.7 Å². The molecule has 0 spiro atoms. The average Bonchev–Trinajstić information content (AvgIpc) is 2.37. The molecule has 1 fully saturated rings. The summed E-state index contributed by atoms with van der Waals surface area (Å²) in [5.41, 5.74) is 5.68. The molecule has 0 aliphatic heterocycles. The molecule has 100 valence electrons. The van der Waals surface area contributed by atoms with Gasteiger partial charge in [0.1, 0.15) is 5.82 Å². The molecular weight excluding hydrogens is 232 g/mol. The monoisotopic (exact) mass is 252 g/mol. The number of nitrogens with zero attached hydrogens (tertiary/aromatic N) is 1. The first kappa shape index (κ1) is 13.0. The second kappa shape index (κ2) is 6.51. The Morgan fingerprint density at radius 1 is 1.44 bits per heavy atom. The van der Waals surface area contributed by atoms with Crippen LogP contribution in [0.2, 0.25) is 0 Å². The Morgan fingerprint density at radius 2 is 2.22 bits per heavy atom. The quantitative estimate of drug-likeness (QED) is 0.662. The van der Waals surface area contributed by atoms with E-state index < -0.39 is 0 Å². The molecule has 0 atom stereocenters. The third kappa shape index (κ3) is 4.12. The van der Waals surface area contributed by atoms with Crippen molar-refractivity contribution >= 4 is 5.82 Å². The highest BCUT2D eigenvalue weighted by atomic mass is 16.5. The van der Waals surface area contributed by atoms with Crippen LogP contribution in [-0.4, -0.2) is 35.3 Å². The lowest BCUT2D eigenvalue weighted by atomic mass is 9.94. The Bertz CT molecular complexity index is 413. The van der Waals surface area contributed by atoms with Crippen molar-refractivity contribution in [3.63, 3.8) is 0 Å². The minimum absolute atomic E-state index is 0.158. The van der Waals surface area contributed by atoms with Crippen molar-refractivity contribution in [1.29, 1.82) is 0 Å². The summed E-state index contributed by atoms with van der Waals surface area (Å²) >= 11 is 0. The van der Waals surface area contributed by atoms with Crippen LogP contribution in [-0.2, 0) is 4.74 Å². The number of nitrogens with one attached hydrogen (secondary N) is 2. The lowest BCUT2D eigenvalue weighted by molar-refractivity contribution is 0.0313. The minimum Gasteiger partial charge on any atom is -0.376 e. The molecule has 0 bridgehead atoms. The molecule has 6 nitrogen and oxygen atoms in total. The summed E-state index contributed by atoms with van der Waals surface area (Å²) in [6.07, 6.45) is 5.91. The summed E-state index contributed by atoms with van der Waals surface area (Å²) in [6, 6.07) is 1.78. The lowest BCUT2D eigenvalue weighted by Crippen LogP contribution is -2.31. The number of anilines is 1. The maximum absolute atomic E-state index is 11.0. The second-order valence-corrected chi connectivity index (χ2v) is 4.63. The number of hydrogen-bond donors (Lipinski definition) is 3. The Hall–Kier alpha value is -1.40. The maximum atomic E-state index is 11.0. The molecule has 1 heterocycles. The summed E-state index contributed by atoms with van der Waals surface area (Å²) in [5, 5.41) is 3.05. The van der Waals surface area contributed by atoms with E-state index in [0.29, 0.717) is 31.1 Å². The SMILES string of the molecule is NC1CCC(OCCNc2cc(=O)[nH]cn2)CC1. The van der Waals surface area contributed by atoms with Gasteiger partial charge in [0.2, 0.25) is 0 Å². The van der Waals surface area contributed by atoms with Crippen LogP contribution >= 0.6 is 0 Å². The number of nitrogens with two attached hydrogens (primary N) is 1. The van der Waals surface area contributed by atoms with E-state index in [1.165, 1.54) is 12.4 Å². The van der Waals surface area contributed by atoms with Crippen LogP contribution in [0.3, 0.4) is 0 Å². The largest absolute Gasteiger partial charge is 0.376 e. The first-order chi connectivity index (χ1) is 8.74. The van der Waals surface area contributed by atoms with Gasteiger partial charge in [-0.15, -0.1) is 0 Å². The fraction of sp³-hybridized carbons (Fsp3) is 0.667. The van der Waals surface area contributed by atoms with Crippen molar-refractivity contribution in [3.05, 3.63) is 22.7 Å². The molecule has 0 saturated heterocycles. The standard InChI is InChI=1S/C12H20N4O2/c13-9-1-3-10(4-2-9)18-6-5-14-11-7-12(17)16-8-15-11/h7-10H,1-6,13H2,(H2,14,15,16,17). The topological polar surface area (TPSA) is 93.0 Å². The smallest absolute Gasteiger partial charge is 0.252 e. The molecule has 0 radical (unpaired) electrons. The molecule has 18 heavy (non-hydrogen) atoms. The molecule has 0 unspecified atom stereocenters. The van der Waals surface area contributed by atoms with Gasteiger partial charge in [-0.3, -0.25) is 4.79 Å². The Balaban J connectivity index is 1.63. The predicted octanol–water partition coefficient (Wildman–Crippen LogP) is 0.468. The van der Waals surface area contributed by atoms with E-state index in [1.807, 2.05) is 0 Å². The summed E-state index contributed by atoms with van der Waals surface area (Å²) in [6.45, 7) is 1.27. The summed E-state index contributed by atoms with van der Waals surface area (Å²) < 4.78 is 5.75. The fourth-order valence-corrected chi connectivity index (χ4v) is 2.13.